The van der Waals surface area contributed by atoms with Gasteiger partial charge < -0.3 is 14.6 Å². The van der Waals surface area contributed by atoms with Gasteiger partial charge in [0.25, 0.3) is 0 Å². The van der Waals surface area contributed by atoms with E-state index in [0.29, 0.717) is 13.2 Å². The van der Waals surface area contributed by atoms with E-state index < -0.39 is 6.16 Å². The third-order valence-electron chi connectivity index (χ3n) is 1.82. The molecule has 0 aliphatic heterocycles. The van der Waals surface area contributed by atoms with Gasteiger partial charge in [-0.25, -0.2) is 4.79 Å². The van der Waals surface area contributed by atoms with E-state index in [2.05, 4.69) is 11.7 Å². The van der Waals surface area contributed by atoms with Gasteiger partial charge in [0.15, 0.2) is 0 Å². The molecule has 1 atom stereocenters. The van der Waals surface area contributed by atoms with Crippen molar-refractivity contribution >= 4 is 6.16 Å². The molecule has 4 heteroatoms. The molecule has 0 amide bonds. The Morgan fingerprint density at radius 1 is 1.36 bits per heavy atom. The molecule has 0 aromatic rings. The van der Waals surface area contributed by atoms with Crippen LogP contribution >= 0.6 is 0 Å². The quantitative estimate of drug-likeness (QED) is 0.488. The highest BCUT2D eigenvalue weighted by atomic mass is 16.7. The summed E-state index contributed by atoms with van der Waals surface area (Å²) in [6.45, 7) is 5.13. The molecule has 1 unspecified atom stereocenters. The molecule has 0 aromatic heterocycles. The Balaban J connectivity index is 3.56. The molecule has 0 rings (SSSR count). The number of carboxylic acid groups (broad SMARTS) is 1. The molecule has 1 N–H and O–H groups in total. The van der Waals surface area contributed by atoms with Crippen molar-refractivity contribution in [2.75, 3.05) is 13.2 Å². The Bertz CT molecular complexity index is 147. The van der Waals surface area contributed by atoms with Crippen molar-refractivity contribution in [1.82, 2.24) is 0 Å². The van der Waals surface area contributed by atoms with Gasteiger partial charge in [0.05, 0.1) is 6.61 Å². The second kappa shape index (κ2) is 8.81. The summed E-state index contributed by atoms with van der Waals surface area (Å²) in [4.78, 5) is 10.3. The van der Waals surface area contributed by atoms with Gasteiger partial charge in [0.1, 0.15) is 6.10 Å². The second-order valence-corrected chi connectivity index (χ2v) is 3.22. The lowest BCUT2D eigenvalue weighted by atomic mass is 10.2. The molecule has 14 heavy (non-hydrogen) atoms. The first-order valence-electron chi connectivity index (χ1n) is 5.18. The van der Waals surface area contributed by atoms with Gasteiger partial charge in [-0.2, -0.15) is 0 Å². The maximum absolute atomic E-state index is 10.3. The first-order chi connectivity index (χ1) is 6.70. The molecule has 0 saturated carbocycles. The van der Waals surface area contributed by atoms with Gasteiger partial charge in [-0.05, 0) is 12.8 Å². The normalized spacial score (nSPS) is 12.4. The van der Waals surface area contributed by atoms with E-state index in [1.807, 2.05) is 6.92 Å². The largest absolute Gasteiger partial charge is 0.506 e. The predicted molar refractivity (Wildman–Crippen MR) is 53.5 cm³/mol. The Morgan fingerprint density at radius 3 is 2.57 bits per heavy atom. The van der Waals surface area contributed by atoms with Gasteiger partial charge in [-0.15, -0.1) is 0 Å². The van der Waals surface area contributed by atoms with Crippen LogP contribution in [0.4, 0.5) is 4.79 Å². The Kier molecular flexibility index (Phi) is 8.33. The fourth-order valence-corrected chi connectivity index (χ4v) is 1.10. The van der Waals surface area contributed by atoms with Crippen LogP contribution in [0.2, 0.25) is 0 Å². The fourth-order valence-electron chi connectivity index (χ4n) is 1.10. The van der Waals surface area contributed by atoms with Crippen LogP contribution in [0.15, 0.2) is 0 Å². The minimum absolute atomic E-state index is 0.311. The van der Waals surface area contributed by atoms with Crippen molar-refractivity contribution < 1.29 is 19.4 Å². The van der Waals surface area contributed by atoms with E-state index in [1.54, 1.807) is 0 Å². The molecule has 0 spiro atoms. The lowest BCUT2D eigenvalue weighted by Gasteiger charge is -2.14. The smallest absolute Gasteiger partial charge is 0.450 e. The lowest BCUT2D eigenvalue weighted by molar-refractivity contribution is -0.00581. The third-order valence-corrected chi connectivity index (χ3v) is 1.82. The van der Waals surface area contributed by atoms with E-state index >= 15 is 0 Å². The Morgan fingerprint density at radius 2 is 2.07 bits per heavy atom. The Labute approximate surface area is 85.2 Å². The van der Waals surface area contributed by atoms with Gasteiger partial charge in [-0.1, -0.05) is 26.7 Å². The Hall–Kier alpha value is -0.770. The summed E-state index contributed by atoms with van der Waals surface area (Å²) in [6, 6.07) is 0. The summed E-state index contributed by atoms with van der Waals surface area (Å²) >= 11 is 0. The molecule has 0 aliphatic carbocycles. The first-order valence-corrected chi connectivity index (χ1v) is 5.18. The van der Waals surface area contributed by atoms with Crippen LogP contribution in [0.3, 0.4) is 0 Å². The van der Waals surface area contributed by atoms with Crippen LogP contribution in [0, 0.1) is 0 Å². The highest BCUT2D eigenvalue weighted by molar-refractivity contribution is 5.57. The lowest BCUT2D eigenvalue weighted by Crippen LogP contribution is -2.22. The van der Waals surface area contributed by atoms with Crippen LogP contribution in [-0.2, 0) is 9.47 Å². The van der Waals surface area contributed by atoms with Crippen molar-refractivity contribution in [3.8, 4) is 0 Å². The predicted octanol–water partition coefficient (Wildman–Crippen LogP) is 2.67. The minimum Gasteiger partial charge on any atom is -0.450 e. The number of hydrogen-bond donors (Lipinski definition) is 1. The van der Waals surface area contributed by atoms with Crippen LogP contribution in [0.5, 0.6) is 0 Å². The molecular formula is C10H20O4. The van der Waals surface area contributed by atoms with Crippen LogP contribution in [0.25, 0.3) is 0 Å². The highest BCUT2D eigenvalue weighted by Crippen LogP contribution is 2.04. The van der Waals surface area contributed by atoms with Gasteiger partial charge in [0, 0.05) is 6.61 Å². The summed E-state index contributed by atoms with van der Waals surface area (Å²) in [5.41, 5.74) is 0. The fraction of sp³-hybridized carbons (Fsp3) is 0.900. The summed E-state index contributed by atoms with van der Waals surface area (Å²) in [5.74, 6) is 0. The van der Waals surface area contributed by atoms with Gasteiger partial charge in [-0.3, -0.25) is 0 Å². The molecular weight excluding hydrogens is 184 g/mol. The molecule has 0 radical (unpaired) electrons. The zero-order chi connectivity index (χ0) is 10.8. The maximum Gasteiger partial charge on any atom is 0.506 e. The average Bonchev–Trinajstić information content (AvgIpc) is 2.12. The number of carbonyl (C=O) groups is 1. The molecule has 0 bridgehead atoms. The molecule has 0 aromatic carbocycles. The van der Waals surface area contributed by atoms with Gasteiger partial charge >= 0.3 is 6.16 Å². The molecule has 0 saturated heterocycles. The number of rotatable bonds is 8. The summed E-state index contributed by atoms with van der Waals surface area (Å²) < 4.78 is 9.96. The maximum atomic E-state index is 10.3. The molecule has 0 fully saturated rings. The standard InChI is InChI=1S/C10H20O4/c1-3-5-7-13-8-9(6-4-2)14-10(11)12/h9H,3-8H2,1-2H3,(H,11,12). The third kappa shape index (κ3) is 7.86. The monoisotopic (exact) mass is 204 g/mol. The zero-order valence-corrected chi connectivity index (χ0v) is 8.99. The molecule has 0 heterocycles. The van der Waals surface area contributed by atoms with Crippen LogP contribution in [-0.4, -0.2) is 30.6 Å². The summed E-state index contributed by atoms with van der Waals surface area (Å²) in [6.07, 6.45) is 2.18. The average molecular weight is 204 g/mol. The summed E-state index contributed by atoms with van der Waals surface area (Å²) in [5, 5.41) is 8.44. The van der Waals surface area contributed by atoms with E-state index in [0.717, 1.165) is 25.7 Å². The van der Waals surface area contributed by atoms with Crippen molar-refractivity contribution in [3.63, 3.8) is 0 Å². The molecule has 84 valence electrons. The van der Waals surface area contributed by atoms with E-state index in [1.165, 1.54) is 0 Å². The minimum atomic E-state index is -1.22. The number of hydrogen-bond acceptors (Lipinski definition) is 3. The van der Waals surface area contributed by atoms with Crippen molar-refractivity contribution in [2.24, 2.45) is 0 Å². The van der Waals surface area contributed by atoms with Crippen LogP contribution < -0.4 is 0 Å². The number of ether oxygens (including phenoxy) is 2. The van der Waals surface area contributed by atoms with Crippen molar-refractivity contribution in [1.29, 1.82) is 0 Å². The van der Waals surface area contributed by atoms with E-state index in [-0.39, 0.29) is 6.10 Å². The topological polar surface area (TPSA) is 55.8 Å². The highest BCUT2D eigenvalue weighted by Gasteiger charge is 2.12. The SMILES string of the molecule is CCCCOCC(CCC)OC(=O)O. The van der Waals surface area contributed by atoms with E-state index in [9.17, 15) is 4.79 Å². The zero-order valence-electron chi connectivity index (χ0n) is 8.99. The van der Waals surface area contributed by atoms with Crippen molar-refractivity contribution in [2.45, 2.75) is 45.6 Å². The number of unbranched alkanes of at least 4 members (excludes halogenated alkanes) is 1. The second-order valence-electron chi connectivity index (χ2n) is 3.22. The van der Waals surface area contributed by atoms with Crippen LogP contribution in [0.1, 0.15) is 39.5 Å². The summed E-state index contributed by atoms with van der Waals surface area (Å²) in [7, 11) is 0. The molecule has 0 aliphatic rings. The first kappa shape index (κ1) is 13.2. The molecule has 4 nitrogen and oxygen atoms in total. The van der Waals surface area contributed by atoms with E-state index in [4.69, 9.17) is 9.84 Å². The van der Waals surface area contributed by atoms with Crippen molar-refractivity contribution in [3.05, 3.63) is 0 Å². The van der Waals surface area contributed by atoms with Gasteiger partial charge in [0.2, 0.25) is 0 Å².